The average Bonchev–Trinajstić information content (AvgIpc) is 3.29. The number of hydrogen-bond acceptors (Lipinski definition) is 4. The minimum atomic E-state index is 0.165. The number of likely N-dealkylation sites (tertiary alicyclic amines) is 1. The van der Waals surface area contributed by atoms with E-state index in [0.717, 1.165) is 56.1 Å². The summed E-state index contributed by atoms with van der Waals surface area (Å²) in [5.41, 5.74) is 2.67. The first-order valence-corrected chi connectivity index (χ1v) is 12.7. The van der Waals surface area contributed by atoms with E-state index in [1.54, 1.807) is 11.3 Å². The number of carbonyl (C=O) groups excluding carboxylic acids is 1. The highest BCUT2D eigenvalue weighted by Gasteiger charge is 2.25. The van der Waals surface area contributed by atoms with Gasteiger partial charge in [0.25, 0.3) is 5.91 Å². The summed E-state index contributed by atoms with van der Waals surface area (Å²) < 4.78 is 6.10. The lowest BCUT2D eigenvalue weighted by Crippen LogP contribution is -2.41. The highest BCUT2D eigenvalue weighted by molar-refractivity contribution is 7.13. The summed E-state index contributed by atoms with van der Waals surface area (Å²) in [5.74, 6) is 1.45. The number of carbonyl (C=O) groups is 1. The molecule has 0 unspecified atom stereocenters. The molecule has 1 atom stereocenters. The molecule has 4 nitrogen and oxygen atoms in total. The van der Waals surface area contributed by atoms with E-state index in [-0.39, 0.29) is 5.91 Å². The lowest BCUT2D eigenvalue weighted by Gasteiger charge is -2.32. The summed E-state index contributed by atoms with van der Waals surface area (Å²) in [7, 11) is 2.17. The van der Waals surface area contributed by atoms with Gasteiger partial charge in [-0.15, -0.1) is 11.3 Å². The maximum absolute atomic E-state index is 12.8. The van der Waals surface area contributed by atoms with Gasteiger partial charge >= 0.3 is 0 Å². The molecule has 5 heteroatoms. The van der Waals surface area contributed by atoms with Crippen molar-refractivity contribution >= 4 is 17.2 Å². The Labute approximate surface area is 201 Å². The van der Waals surface area contributed by atoms with Crippen molar-refractivity contribution in [2.24, 2.45) is 5.92 Å². The van der Waals surface area contributed by atoms with Gasteiger partial charge < -0.3 is 14.5 Å². The average molecular weight is 463 g/mol. The zero-order valence-corrected chi connectivity index (χ0v) is 20.5. The standard InChI is InChI=1S/C28H34N2O2S/c1-22-10-15-27(33-22)28(31)30-17-6-9-25(20-30)21-32-26-13-11-24(12-14-26)19-29(2)18-16-23-7-4-3-5-8-23/h3-5,7-8,10-15,25H,6,9,16-21H2,1-2H3/t25-/m0/s1. The normalized spacial score (nSPS) is 16.2. The molecule has 1 saturated heterocycles. The van der Waals surface area contributed by atoms with Crippen molar-refractivity contribution in [2.75, 3.05) is 33.3 Å². The number of amides is 1. The molecule has 1 amide bonds. The van der Waals surface area contributed by atoms with Crippen LogP contribution >= 0.6 is 11.3 Å². The SMILES string of the molecule is Cc1ccc(C(=O)N2CCC[C@H](COc3ccc(CN(C)CCc4ccccc4)cc3)C2)s1. The number of likely N-dealkylation sites (N-methyl/N-ethyl adjacent to an activating group) is 1. The predicted octanol–water partition coefficient (Wildman–Crippen LogP) is 5.66. The van der Waals surface area contributed by atoms with Crippen molar-refractivity contribution in [3.05, 3.63) is 87.6 Å². The lowest BCUT2D eigenvalue weighted by molar-refractivity contribution is 0.0638. The molecule has 0 N–H and O–H groups in total. The maximum atomic E-state index is 12.8. The molecule has 1 fully saturated rings. The Bertz CT molecular complexity index is 1020. The highest BCUT2D eigenvalue weighted by atomic mass is 32.1. The van der Waals surface area contributed by atoms with Crippen LogP contribution in [-0.2, 0) is 13.0 Å². The van der Waals surface area contributed by atoms with Gasteiger partial charge in [-0.1, -0.05) is 42.5 Å². The Hall–Kier alpha value is -2.63. The van der Waals surface area contributed by atoms with Crippen molar-refractivity contribution < 1.29 is 9.53 Å². The number of hydrogen-bond donors (Lipinski definition) is 0. The van der Waals surface area contributed by atoms with Gasteiger partial charge in [0, 0.05) is 37.0 Å². The predicted molar refractivity (Wildman–Crippen MR) is 136 cm³/mol. The van der Waals surface area contributed by atoms with Crippen molar-refractivity contribution in [3.8, 4) is 5.75 Å². The second-order valence-corrected chi connectivity index (χ2v) is 10.4. The third-order valence-electron chi connectivity index (χ3n) is 6.24. The van der Waals surface area contributed by atoms with Crippen LogP contribution in [0.2, 0.25) is 0 Å². The van der Waals surface area contributed by atoms with Crippen molar-refractivity contribution in [3.63, 3.8) is 0 Å². The first-order valence-electron chi connectivity index (χ1n) is 11.9. The van der Waals surface area contributed by atoms with Crippen molar-refractivity contribution in [1.29, 1.82) is 0 Å². The fraction of sp³-hybridized carbons (Fsp3) is 0.393. The van der Waals surface area contributed by atoms with Crippen molar-refractivity contribution in [2.45, 2.75) is 32.7 Å². The summed E-state index contributed by atoms with van der Waals surface area (Å²) in [4.78, 5) is 19.2. The first kappa shape index (κ1) is 23.5. The molecule has 0 bridgehead atoms. The number of aryl methyl sites for hydroxylation is 1. The van der Waals surface area contributed by atoms with Gasteiger partial charge in [0.1, 0.15) is 5.75 Å². The molecular weight excluding hydrogens is 428 g/mol. The molecule has 174 valence electrons. The fourth-order valence-corrected chi connectivity index (χ4v) is 5.19. The van der Waals surface area contributed by atoms with E-state index in [1.807, 2.05) is 24.0 Å². The summed E-state index contributed by atoms with van der Waals surface area (Å²) in [5, 5.41) is 0. The summed E-state index contributed by atoms with van der Waals surface area (Å²) in [6, 6.07) is 23.1. The molecule has 1 aromatic heterocycles. The Morgan fingerprint density at radius 2 is 1.85 bits per heavy atom. The molecule has 4 rings (SSSR count). The summed E-state index contributed by atoms with van der Waals surface area (Å²) >= 11 is 1.58. The van der Waals surface area contributed by atoms with Crippen LogP contribution in [0.1, 0.15) is 38.5 Å². The van der Waals surface area contributed by atoms with Crippen LogP contribution in [0.15, 0.2) is 66.7 Å². The van der Waals surface area contributed by atoms with Gasteiger partial charge in [-0.25, -0.2) is 0 Å². The van der Waals surface area contributed by atoms with E-state index >= 15 is 0 Å². The number of rotatable bonds is 9. The lowest BCUT2D eigenvalue weighted by atomic mass is 9.99. The van der Waals surface area contributed by atoms with Gasteiger partial charge in [-0.2, -0.15) is 0 Å². The molecule has 3 aromatic rings. The first-order chi connectivity index (χ1) is 16.1. The molecule has 0 aliphatic carbocycles. The summed E-state index contributed by atoms with van der Waals surface area (Å²) in [6.07, 6.45) is 3.21. The molecule has 2 aromatic carbocycles. The van der Waals surface area contributed by atoms with E-state index in [4.69, 9.17) is 4.74 Å². The molecule has 0 saturated carbocycles. The Morgan fingerprint density at radius 1 is 1.06 bits per heavy atom. The number of benzene rings is 2. The zero-order chi connectivity index (χ0) is 23.0. The van der Waals surface area contributed by atoms with E-state index in [2.05, 4.69) is 66.5 Å². The van der Waals surface area contributed by atoms with Crippen LogP contribution in [0.25, 0.3) is 0 Å². The minimum absolute atomic E-state index is 0.165. The quantitative estimate of drug-likeness (QED) is 0.411. The molecule has 1 aliphatic heterocycles. The smallest absolute Gasteiger partial charge is 0.263 e. The molecular formula is C28H34N2O2S. The van der Waals surface area contributed by atoms with E-state index in [1.165, 1.54) is 16.0 Å². The Kier molecular flexibility index (Phi) is 8.19. The van der Waals surface area contributed by atoms with E-state index in [9.17, 15) is 4.79 Å². The van der Waals surface area contributed by atoms with Crippen molar-refractivity contribution in [1.82, 2.24) is 9.80 Å². The van der Waals surface area contributed by atoms with Gasteiger partial charge in [-0.05, 0) is 68.6 Å². The molecule has 1 aliphatic rings. The number of ether oxygens (including phenoxy) is 1. The number of thiophene rings is 1. The summed E-state index contributed by atoms with van der Waals surface area (Å²) in [6.45, 7) is 6.28. The minimum Gasteiger partial charge on any atom is -0.493 e. The molecule has 0 radical (unpaired) electrons. The largest absolute Gasteiger partial charge is 0.493 e. The highest BCUT2D eigenvalue weighted by Crippen LogP contribution is 2.23. The van der Waals surface area contributed by atoms with Gasteiger partial charge in [0.05, 0.1) is 11.5 Å². The van der Waals surface area contributed by atoms with Crippen LogP contribution < -0.4 is 4.74 Å². The fourth-order valence-electron chi connectivity index (χ4n) is 4.35. The van der Waals surface area contributed by atoms with Crippen LogP contribution in [0.5, 0.6) is 5.75 Å². The number of nitrogens with zero attached hydrogens (tertiary/aromatic N) is 2. The van der Waals surface area contributed by atoms with Crippen LogP contribution in [0.3, 0.4) is 0 Å². The topological polar surface area (TPSA) is 32.8 Å². The third kappa shape index (κ3) is 6.92. The molecule has 0 spiro atoms. The van der Waals surface area contributed by atoms with Crippen LogP contribution in [0, 0.1) is 12.8 Å². The maximum Gasteiger partial charge on any atom is 0.263 e. The Balaban J connectivity index is 1.21. The van der Waals surface area contributed by atoms with Gasteiger partial charge in [-0.3, -0.25) is 4.79 Å². The monoisotopic (exact) mass is 462 g/mol. The Morgan fingerprint density at radius 3 is 2.58 bits per heavy atom. The van der Waals surface area contributed by atoms with E-state index < -0.39 is 0 Å². The van der Waals surface area contributed by atoms with Gasteiger partial charge in [0.2, 0.25) is 0 Å². The second-order valence-electron chi connectivity index (χ2n) is 9.10. The van der Waals surface area contributed by atoms with Crippen LogP contribution in [0.4, 0.5) is 0 Å². The second kappa shape index (κ2) is 11.5. The van der Waals surface area contributed by atoms with Gasteiger partial charge in [0.15, 0.2) is 0 Å². The molecule has 33 heavy (non-hydrogen) atoms. The zero-order valence-electron chi connectivity index (χ0n) is 19.7. The van der Waals surface area contributed by atoms with Crippen LogP contribution in [-0.4, -0.2) is 49.0 Å². The number of piperidine rings is 1. The molecule has 2 heterocycles. The third-order valence-corrected chi connectivity index (χ3v) is 7.23. The van der Waals surface area contributed by atoms with E-state index in [0.29, 0.717) is 12.5 Å².